The summed E-state index contributed by atoms with van der Waals surface area (Å²) in [7, 11) is 0. The first-order chi connectivity index (χ1) is 6.40. The van der Waals surface area contributed by atoms with Gasteiger partial charge in [-0.15, -0.1) is 0 Å². The van der Waals surface area contributed by atoms with Crippen molar-refractivity contribution < 1.29 is 25.5 Å². The van der Waals surface area contributed by atoms with E-state index in [4.69, 9.17) is 5.11 Å². The van der Waals surface area contributed by atoms with Gasteiger partial charge < -0.3 is 26.1 Å². The molecule has 5 N–H and O–H groups in total. The number of quaternary nitrogens is 1. The van der Waals surface area contributed by atoms with Crippen LogP contribution in [0.5, 0.6) is 0 Å². The molecule has 14 heavy (non-hydrogen) atoms. The Balaban J connectivity index is 4.22. The average Bonchev–Trinajstić information content (AvgIpc) is 2.11. The van der Waals surface area contributed by atoms with E-state index in [1.165, 1.54) is 0 Å². The fourth-order valence-corrected chi connectivity index (χ4v) is 0.761. The number of carbonyl (C=O) groups excluding carboxylic acids is 2. The third-order valence-electron chi connectivity index (χ3n) is 1.93. The van der Waals surface area contributed by atoms with Crippen LogP contribution >= 0.6 is 0 Å². The van der Waals surface area contributed by atoms with Gasteiger partial charge in [0.25, 0.3) is 5.91 Å². The molecule has 0 spiro atoms. The molecule has 0 radical (unpaired) electrons. The zero-order valence-electron chi connectivity index (χ0n) is 8.32. The smallest absolute Gasteiger partial charge is 0.279 e. The number of aliphatic hydroxyl groups is 1. The minimum Gasteiger partial charge on any atom is -0.548 e. The third-order valence-corrected chi connectivity index (χ3v) is 1.93. The Labute approximate surface area is 82.1 Å². The molecule has 0 aromatic heterocycles. The monoisotopic (exact) mass is 204 g/mol. The lowest BCUT2D eigenvalue weighted by molar-refractivity contribution is -0.414. The van der Waals surface area contributed by atoms with Gasteiger partial charge in [-0.3, -0.25) is 4.79 Å². The molecular formula is C8H16N2O4. The number of aliphatic carboxylic acids is 1. The van der Waals surface area contributed by atoms with Crippen molar-refractivity contribution in [3.63, 3.8) is 0 Å². The fourth-order valence-electron chi connectivity index (χ4n) is 0.761. The van der Waals surface area contributed by atoms with Gasteiger partial charge in [0.1, 0.15) is 0 Å². The summed E-state index contributed by atoms with van der Waals surface area (Å²) in [6, 6.07) is -1.89. The van der Waals surface area contributed by atoms with Crippen LogP contribution in [-0.2, 0) is 9.59 Å². The van der Waals surface area contributed by atoms with Gasteiger partial charge in [-0.1, -0.05) is 13.8 Å². The number of hydrogen-bond acceptors (Lipinski definition) is 4. The highest BCUT2D eigenvalue weighted by Crippen LogP contribution is 1.96. The van der Waals surface area contributed by atoms with E-state index in [1.54, 1.807) is 13.8 Å². The fraction of sp³-hybridized carbons (Fsp3) is 0.750. The van der Waals surface area contributed by atoms with E-state index in [-0.39, 0.29) is 5.92 Å². The van der Waals surface area contributed by atoms with Crippen molar-refractivity contribution in [3.8, 4) is 0 Å². The van der Waals surface area contributed by atoms with E-state index < -0.39 is 30.6 Å². The lowest BCUT2D eigenvalue weighted by Crippen LogP contribution is -2.71. The number of amides is 1. The minimum absolute atomic E-state index is 0.0103. The molecule has 0 rings (SSSR count). The van der Waals surface area contributed by atoms with Gasteiger partial charge in [0.2, 0.25) is 0 Å². The van der Waals surface area contributed by atoms with Crippen LogP contribution in [0.1, 0.15) is 13.8 Å². The molecule has 0 aliphatic carbocycles. The highest BCUT2D eigenvalue weighted by molar-refractivity contribution is 5.85. The van der Waals surface area contributed by atoms with Gasteiger partial charge in [-0.05, 0) is 0 Å². The van der Waals surface area contributed by atoms with Crippen molar-refractivity contribution in [2.45, 2.75) is 25.9 Å². The van der Waals surface area contributed by atoms with Gasteiger partial charge in [0.05, 0.1) is 18.6 Å². The van der Waals surface area contributed by atoms with Gasteiger partial charge in [-0.25, -0.2) is 0 Å². The number of nitrogens with one attached hydrogen (secondary N) is 1. The second-order valence-electron chi connectivity index (χ2n) is 3.41. The maximum absolute atomic E-state index is 11.3. The summed E-state index contributed by atoms with van der Waals surface area (Å²) >= 11 is 0. The van der Waals surface area contributed by atoms with Crippen molar-refractivity contribution in [1.29, 1.82) is 0 Å². The Morgan fingerprint density at radius 1 is 1.50 bits per heavy atom. The number of aliphatic hydroxyl groups excluding tert-OH is 1. The molecule has 0 aromatic carbocycles. The van der Waals surface area contributed by atoms with Crippen LogP contribution in [0.25, 0.3) is 0 Å². The second kappa shape index (κ2) is 5.56. The summed E-state index contributed by atoms with van der Waals surface area (Å²) < 4.78 is 0. The van der Waals surface area contributed by atoms with Gasteiger partial charge in [0.15, 0.2) is 6.04 Å². The van der Waals surface area contributed by atoms with Crippen molar-refractivity contribution in [2.24, 2.45) is 5.92 Å². The summed E-state index contributed by atoms with van der Waals surface area (Å²) in [5, 5.41) is 21.1. The van der Waals surface area contributed by atoms with E-state index in [0.29, 0.717) is 0 Å². The SMILES string of the molecule is CC(C)[C@@H]([NH3+])C(=O)N[C@@H](CO)C(=O)[O-]. The Bertz CT molecular complexity index is 217. The van der Waals surface area contributed by atoms with Gasteiger partial charge >= 0.3 is 0 Å². The Hall–Kier alpha value is -1.14. The average molecular weight is 204 g/mol. The molecule has 0 saturated carbocycles. The molecule has 6 heteroatoms. The van der Waals surface area contributed by atoms with Gasteiger partial charge in [-0.2, -0.15) is 0 Å². The van der Waals surface area contributed by atoms with Crippen LogP contribution in [0.4, 0.5) is 0 Å². The Morgan fingerprint density at radius 2 is 2.00 bits per heavy atom. The molecule has 0 fully saturated rings. The van der Waals surface area contributed by atoms with E-state index >= 15 is 0 Å². The van der Waals surface area contributed by atoms with Crippen LogP contribution < -0.4 is 16.2 Å². The van der Waals surface area contributed by atoms with Crippen molar-refractivity contribution in [1.82, 2.24) is 5.32 Å². The summed E-state index contributed by atoms with van der Waals surface area (Å²) in [5.74, 6) is -1.99. The number of hydrogen-bond donors (Lipinski definition) is 3. The first-order valence-electron chi connectivity index (χ1n) is 4.35. The van der Waals surface area contributed by atoms with E-state index in [2.05, 4.69) is 11.1 Å². The molecule has 2 atom stereocenters. The molecule has 0 heterocycles. The third kappa shape index (κ3) is 3.71. The Morgan fingerprint density at radius 3 is 2.29 bits per heavy atom. The van der Waals surface area contributed by atoms with Gasteiger partial charge in [0, 0.05) is 5.92 Å². The summed E-state index contributed by atoms with van der Waals surface area (Å²) in [6.07, 6.45) is 0. The topological polar surface area (TPSA) is 117 Å². The van der Waals surface area contributed by atoms with Crippen LogP contribution in [0.2, 0.25) is 0 Å². The molecule has 0 saturated heterocycles. The van der Waals surface area contributed by atoms with Crippen LogP contribution in [-0.4, -0.2) is 35.7 Å². The zero-order chi connectivity index (χ0) is 11.3. The van der Waals surface area contributed by atoms with Crippen LogP contribution in [0.3, 0.4) is 0 Å². The second-order valence-corrected chi connectivity index (χ2v) is 3.41. The van der Waals surface area contributed by atoms with E-state index in [1.807, 2.05) is 0 Å². The maximum atomic E-state index is 11.3. The molecule has 0 bridgehead atoms. The first-order valence-corrected chi connectivity index (χ1v) is 4.35. The first kappa shape index (κ1) is 12.9. The number of carboxylic acids is 1. The lowest BCUT2D eigenvalue weighted by atomic mass is 10.0. The number of carboxylic acid groups (broad SMARTS) is 1. The summed E-state index contributed by atoms with van der Waals surface area (Å²) in [6.45, 7) is 2.91. The molecule has 1 amide bonds. The molecule has 6 nitrogen and oxygen atoms in total. The van der Waals surface area contributed by atoms with Crippen LogP contribution in [0.15, 0.2) is 0 Å². The van der Waals surface area contributed by atoms with Crippen LogP contribution in [0, 0.1) is 5.92 Å². The van der Waals surface area contributed by atoms with E-state index in [0.717, 1.165) is 0 Å². The predicted octanol–water partition coefficient (Wildman–Crippen LogP) is -3.52. The number of rotatable bonds is 5. The quantitative estimate of drug-likeness (QED) is 0.430. The summed E-state index contributed by atoms with van der Waals surface area (Å²) in [5.41, 5.74) is 3.58. The highest BCUT2D eigenvalue weighted by atomic mass is 16.4. The van der Waals surface area contributed by atoms with Crippen molar-refractivity contribution >= 4 is 11.9 Å². The number of carbonyl (C=O) groups is 2. The minimum atomic E-state index is -1.50. The standard InChI is InChI=1S/C8H16N2O4/c1-4(2)6(9)7(12)10-5(3-11)8(13)14/h4-6,11H,3,9H2,1-2H3,(H,10,12)(H,13,14)/t5-,6+/m0/s1. The molecule has 0 aliphatic heterocycles. The molecule has 0 aliphatic rings. The predicted molar refractivity (Wildman–Crippen MR) is 45.5 cm³/mol. The lowest BCUT2D eigenvalue weighted by Gasteiger charge is -2.19. The molecule has 82 valence electrons. The molecule has 0 aromatic rings. The highest BCUT2D eigenvalue weighted by Gasteiger charge is 2.23. The zero-order valence-corrected chi connectivity index (χ0v) is 8.32. The maximum Gasteiger partial charge on any atom is 0.279 e. The molecule has 0 unspecified atom stereocenters. The van der Waals surface area contributed by atoms with Crippen molar-refractivity contribution in [2.75, 3.05) is 6.61 Å². The largest absolute Gasteiger partial charge is 0.548 e. The Kier molecular flexibility index (Phi) is 5.11. The van der Waals surface area contributed by atoms with E-state index in [9.17, 15) is 14.7 Å². The van der Waals surface area contributed by atoms with Crippen molar-refractivity contribution in [3.05, 3.63) is 0 Å². The summed E-state index contributed by atoms with van der Waals surface area (Å²) in [4.78, 5) is 21.6. The molecular weight excluding hydrogens is 188 g/mol. The normalized spacial score (nSPS) is 14.9.